The summed E-state index contributed by atoms with van der Waals surface area (Å²) in [7, 11) is 2.05. The minimum absolute atomic E-state index is 0.0780. The predicted molar refractivity (Wildman–Crippen MR) is 97.5 cm³/mol. The van der Waals surface area contributed by atoms with E-state index in [0.29, 0.717) is 24.3 Å². The highest BCUT2D eigenvalue weighted by molar-refractivity contribution is 5.93. The monoisotopic (exact) mass is 346 g/mol. The van der Waals surface area contributed by atoms with E-state index in [1.807, 2.05) is 11.9 Å². The zero-order chi connectivity index (χ0) is 18.4. The maximum absolute atomic E-state index is 12.4. The zero-order valence-corrected chi connectivity index (χ0v) is 15.1. The molecule has 0 radical (unpaired) electrons. The van der Waals surface area contributed by atoms with Gasteiger partial charge >= 0.3 is 0 Å². The first-order valence-electron chi connectivity index (χ1n) is 8.49. The molecule has 25 heavy (non-hydrogen) atoms. The van der Waals surface area contributed by atoms with E-state index in [2.05, 4.69) is 10.2 Å². The topological polar surface area (TPSA) is 73.0 Å². The summed E-state index contributed by atoms with van der Waals surface area (Å²) in [6.07, 6.45) is 0.302. The van der Waals surface area contributed by atoms with Gasteiger partial charge in [0.05, 0.1) is 0 Å². The number of nitrogens with one attached hydrogen (secondary N) is 1. The lowest BCUT2D eigenvalue weighted by atomic mass is 10.2. The fourth-order valence-corrected chi connectivity index (χ4v) is 2.82. The van der Waals surface area contributed by atoms with Crippen molar-refractivity contribution in [2.45, 2.75) is 20.3 Å². The van der Waals surface area contributed by atoms with Crippen LogP contribution >= 0.6 is 0 Å². The van der Waals surface area contributed by atoms with Gasteiger partial charge in [-0.15, -0.1) is 0 Å². The number of piperazine rings is 1. The molecule has 0 atom stereocenters. The Morgan fingerprint density at radius 2 is 1.64 bits per heavy atom. The van der Waals surface area contributed by atoms with Crippen molar-refractivity contribution in [3.8, 4) is 0 Å². The van der Waals surface area contributed by atoms with Crippen LogP contribution in [0, 0.1) is 0 Å². The van der Waals surface area contributed by atoms with Crippen molar-refractivity contribution in [3.05, 3.63) is 24.3 Å². The zero-order valence-electron chi connectivity index (χ0n) is 15.1. The second kappa shape index (κ2) is 8.62. The summed E-state index contributed by atoms with van der Waals surface area (Å²) in [5.41, 5.74) is 1.39. The highest BCUT2D eigenvalue weighted by Crippen LogP contribution is 2.19. The molecule has 2 rings (SSSR count). The van der Waals surface area contributed by atoms with Crippen LogP contribution in [0.3, 0.4) is 0 Å². The quantitative estimate of drug-likeness (QED) is 0.868. The van der Waals surface area contributed by atoms with E-state index in [1.54, 1.807) is 29.2 Å². The van der Waals surface area contributed by atoms with Gasteiger partial charge in [-0.2, -0.15) is 0 Å². The predicted octanol–water partition coefficient (Wildman–Crippen LogP) is 1.16. The lowest BCUT2D eigenvalue weighted by molar-refractivity contribution is -0.132. The Labute approximate surface area is 148 Å². The normalized spacial score (nSPS) is 14.9. The summed E-state index contributed by atoms with van der Waals surface area (Å²) in [5.74, 6) is -0.179. The van der Waals surface area contributed by atoms with E-state index in [9.17, 15) is 14.4 Å². The van der Waals surface area contributed by atoms with Crippen LogP contribution in [-0.4, -0.2) is 67.3 Å². The number of nitrogens with zero attached hydrogens (tertiary/aromatic N) is 3. The van der Waals surface area contributed by atoms with Gasteiger partial charge in [-0.3, -0.25) is 14.4 Å². The van der Waals surface area contributed by atoms with Gasteiger partial charge in [0.15, 0.2) is 0 Å². The van der Waals surface area contributed by atoms with Crippen molar-refractivity contribution in [3.63, 3.8) is 0 Å². The molecular weight excluding hydrogens is 320 g/mol. The van der Waals surface area contributed by atoms with E-state index in [0.717, 1.165) is 26.2 Å². The van der Waals surface area contributed by atoms with Crippen LogP contribution in [0.1, 0.15) is 20.3 Å². The van der Waals surface area contributed by atoms with Crippen LogP contribution in [-0.2, 0) is 14.4 Å². The summed E-state index contributed by atoms with van der Waals surface area (Å²) in [4.78, 5) is 41.0. The van der Waals surface area contributed by atoms with E-state index in [4.69, 9.17) is 0 Å². The van der Waals surface area contributed by atoms with Gasteiger partial charge in [0, 0.05) is 64.4 Å². The van der Waals surface area contributed by atoms with Gasteiger partial charge in [0.2, 0.25) is 17.7 Å². The van der Waals surface area contributed by atoms with Crippen LogP contribution < -0.4 is 10.2 Å². The van der Waals surface area contributed by atoms with E-state index in [-0.39, 0.29) is 17.7 Å². The minimum Gasteiger partial charge on any atom is -0.340 e. The average molecular weight is 346 g/mol. The van der Waals surface area contributed by atoms with Gasteiger partial charge in [-0.05, 0) is 31.3 Å². The molecule has 1 aromatic rings. The summed E-state index contributed by atoms with van der Waals surface area (Å²) in [5, 5.41) is 2.69. The standard InChI is InChI=1S/C18H26N4O3/c1-14(23)19-16-4-6-17(7-5-16)22(15(2)24)9-8-18(25)21-12-10-20(3)11-13-21/h4-7H,8-13H2,1-3H3,(H,19,23). The maximum atomic E-state index is 12.4. The lowest BCUT2D eigenvalue weighted by Gasteiger charge is -2.33. The SMILES string of the molecule is CC(=O)Nc1ccc(N(CCC(=O)N2CCN(C)CC2)C(C)=O)cc1. The third-order valence-corrected chi connectivity index (χ3v) is 4.28. The number of likely N-dealkylation sites (N-methyl/N-ethyl adjacent to an activating group) is 1. The number of carbonyl (C=O) groups excluding carboxylic acids is 3. The van der Waals surface area contributed by atoms with Crippen molar-refractivity contribution in [2.24, 2.45) is 0 Å². The number of benzene rings is 1. The van der Waals surface area contributed by atoms with Crippen molar-refractivity contribution in [1.29, 1.82) is 0 Å². The fourth-order valence-electron chi connectivity index (χ4n) is 2.82. The minimum atomic E-state index is -0.144. The van der Waals surface area contributed by atoms with E-state index < -0.39 is 0 Å². The van der Waals surface area contributed by atoms with Crippen LogP contribution in [0.15, 0.2) is 24.3 Å². The first kappa shape index (κ1) is 18.9. The maximum Gasteiger partial charge on any atom is 0.224 e. The highest BCUT2D eigenvalue weighted by atomic mass is 16.2. The molecule has 0 unspecified atom stereocenters. The molecule has 1 aliphatic heterocycles. The molecule has 7 nitrogen and oxygen atoms in total. The largest absolute Gasteiger partial charge is 0.340 e. The molecule has 3 amide bonds. The molecule has 1 N–H and O–H groups in total. The summed E-state index contributed by atoms with van der Waals surface area (Å²) in [6.45, 7) is 6.52. The first-order valence-corrected chi connectivity index (χ1v) is 8.49. The molecule has 7 heteroatoms. The van der Waals surface area contributed by atoms with Crippen molar-refractivity contribution >= 4 is 29.1 Å². The molecule has 136 valence electrons. The summed E-state index contributed by atoms with van der Waals surface area (Å²) < 4.78 is 0. The molecule has 0 spiro atoms. The van der Waals surface area contributed by atoms with Crippen LogP contribution in [0.25, 0.3) is 0 Å². The summed E-state index contributed by atoms with van der Waals surface area (Å²) in [6, 6.07) is 7.03. The Balaban J connectivity index is 1.95. The second-order valence-electron chi connectivity index (χ2n) is 6.33. The third-order valence-electron chi connectivity index (χ3n) is 4.28. The molecule has 1 aromatic carbocycles. The fraction of sp³-hybridized carbons (Fsp3) is 0.500. The second-order valence-corrected chi connectivity index (χ2v) is 6.33. The van der Waals surface area contributed by atoms with E-state index >= 15 is 0 Å². The van der Waals surface area contributed by atoms with Gasteiger partial charge < -0.3 is 20.0 Å². The van der Waals surface area contributed by atoms with Crippen molar-refractivity contribution < 1.29 is 14.4 Å². The molecule has 1 aliphatic rings. The Kier molecular flexibility index (Phi) is 6.52. The molecule has 1 heterocycles. The molecule has 1 fully saturated rings. The van der Waals surface area contributed by atoms with Gasteiger partial charge in [-0.1, -0.05) is 0 Å². The molecule has 0 bridgehead atoms. The third kappa shape index (κ3) is 5.56. The van der Waals surface area contributed by atoms with Crippen molar-refractivity contribution in [2.75, 3.05) is 50.0 Å². The molecule has 0 aromatic heterocycles. The van der Waals surface area contributed by atoms with Crippen molar-refractivity contribution in [1.82, 2.24) is 9.80 Å². The molecular formula is C18H26N4O3. The Bertz CT molecular complexity index is 622. The molecule has 0 saturated carbocycles. The Morgan fingerprint density at radius 1 is 1.04 bits per heavy atom. The number of hydrogen-bond donors (Lipinski definition) is 1. The lowest BCUT2D eigenvalue weighted by Crippen LogP contribution is -2.47. The number of amides is 3. The Hall–Kier alpha value is -2.41. The number of anilines is 2. The Morgan fingerprint density at radius 3 is 2.16 bits per heavy atom. The molecule has 0 aliphatic carbocycles. The van der Waals surface area contributed by atoms with Gasteiger partial charge in [0.1, 0.15) is 0 Å². The van der Waals surface area contributed by atoms with E-state index in [1.165, 1.54) is 13.8 Å². The average Bonchev–Trinajstić information content (AvgIpc) is 2.56. The van der Waals surface area contributed by atoms with Crippen LogP contribution in [0.5, 0.6) is 0 Å². The summed E-state index contributed by atoms with van der Waals surface area (Å²) >= 11 is 0. The number of hydrogen-bond acceptors (Lipinski definition) is 4. The van der Waals surface area contributed by atoms with Crippen LogP contribution in [0.2, 0.25) is 0 Å². The first-order chi connectivity index (χ1) is 11.9. The smallest absolute Gasteiger partial charge is 0.224 e. The van der Waals surface area contributed by atoms with Crippen LogP contribution in [0.4, 0.5) is 11.4 Å². The molecule has 1 saturated heterocycles. The number of carbonyl (C=O) groups is 3. The highest BCUT2D eigenvalue weighted by Gasteiger charge is 2.20. The number of rotatable bonds is 5. The van der Waals surface area contributed by atoms with Gasteiger partial charge in [-0.25, -0.2) is 0 Å². The van der Waals surface area contributed by atoms with Gasteiger partial charge in [0.25, 0.3) is 0 Å².